The van der Waals surface area contributed by atoms with Gasteiger partial charge in [0.05, 0.1) is 6.54 Å². The SMILES string of the molecule is CC(=O)c1cn(CC(=O)N2C[C@H](F)C[C@H]2C(=O)NCCCc2ccccc2)c2ccc(OCS(=O)(=O)NC(C)(C)C)cc12. The van der Waals surface area contributed by atoms with Gasteiger partial charge >= 0.3 is 0 Å². The Balaban J connectivity index is 1.44. The van der Waals surface area contributed by atoms with Gasteiger partial charge in [0.15, 0.2) is 5.78 Å². The molecule has 2 aromatic carbocycles. The Kier molecular flexibility index (Phi) is 9.91. The maximum atomic E-state index is 14.5. The van der Waals surface area contributed by atoms with Crippen molar-refractivity contribution in [1.29, 1.82) is 0 Å². The van der Waals surface area contributed by atoms with Crippen LogP contribution in [0.1, 0.15) is 56.5 Å². The lowest BCUT2D eigenvalue weighted by Gasteiger charge is -2.24. The summed E-state index contributed by atoms with van der Waals surface area (Å²) in [5, 5.41) is 3.32. The van der Waals surface area contributed by atoms with E-state index in [1.807, 2.05) is 30.3 Å². The molecule has 12 heteroatoms. The number of benzene rings is 2. The van der Waals surface area contributed by atoms with Gasteiger partial charge < -0.3 is 19.5 Å². The Hall–Kier alpha value is -3.77. The van der Waals surface area contributed by atoms with Crippen molar-refractivity contribution in [2.45, 2.75) is 71.3 Å². The van der Waals surface area contributed by atoms with E-state index in [-0.39, 0.29) is 37.0 Å². The van der Waals surface area contributed by atoms with Crippen molar-refractivity contribution in [2.24, 2.45) is 0 Å². The van der Waals surface area contributed by atoms with Gasteiger partial charge in [0, 0.05) is 41.2 Å². The zero-order chi connectivity index (χ0) is 31.4. The number of sulfonamides is 1. The van der Waals surface area contributed by atoms with E-state index in [0.717, 1.165) is 12.0 Å². The number of Topliss-reactive ketones (excluding diaryl/α,β-unsaturated/α-hetero) is 1. The second-order valence-electron chi connectivity index (χ2n) is 11.9. The van der Waals surface area contributed by atoms with Crippen LogP contribution < -0.4 is 14.8 Å². The van der Waals surface area contributed by atoms with Crippen molar-refractivity contribution in [3.8, 4) is 5.75 Å². The van der Waals surface area contributed by atoms with Crippen LogP contribution in [-0.4, -0.2) is 72.3 Å². The molecule has 2 atom stereocenters. The first-order valence-electron chi connectivity index (χ1n) is 14.3. The molecule has 43 heavy (non-hydrogen) atoms. The monoisotopic (exact) mass is 614 g/mol. The molecule has 0 aliphatic carbocycles. The van der Waals surface area contributed by atoms with E-state index >= 15 is 0 Å². The minimum absolute atomic E-state index is 0.0743. The Morgan fingerprint density at radius 3 is 2.49 bits per heavy atom. The zero-order valence-corrected chi connectivity index (χ0v) is 25.7. The van der Waals surface area contributed by atoms with Gasteiger partial charge in [-0.05, 0) is 64.3 Å². The normalized spacial score (nSPS) is 17.3. The molecule has 0 bridgehead atoms. The summed E-state index contributed by atoms with van der Waals surface area (Å²) in [6.07, 6.45) is 1.64. The Morgan fingerprint density at radius 1 is 1.09 bits per heavy atom. The number of alkyl halides is 1. The van der Waals surface area contributed by atoms with Crippen LogP contribution in [0, 0.1) is 0 Å². The average molecular weight is 615 g/mol. The molecule has 2 heterocycles. The van der Waals surface area contributed by atoms with Gasteiger partial charge in [-0.25, -0.2) is 17.5 Å². The maximum Gasteiger partial charge on any atom is 0.247 e. The predicted octanol–water partition coefficient (Wildman–Crippen LogP) is 3.59. The van der Waals surface area contributed by atoms with E-state index in [4.69, 9.17) is 4.74 Å². The number of ketones is 1. The highest BCUT2D eigenvalue weighted by Crippen LogP contribution is 2.28. The first-order chi connectivity index (χ1) is 20.2. The van der Waals surface area contributed by atoms with E-state index in [2.05, 4.69) is 10.0 Å². The van der Waals surface area contributed by atoms with Crippen LogP contribution in [0.15, 0.2) is 54.7 Å². The van der Waals surface area contributed by atoms with Gasteiger partial charge in [-0.3, -0.25) is 14.4 Å². The highest BCUT2D eigenvalue weighted by Gasteiger charge is 2.39. The third-order valence-corrected chi connectivity index (χ3v) is 8.39. The van der Waals surface area contributed by atoms with E-state index in [1.54, 1.807) is 43.5 Å². The molecule has 1 saturated heterocycles. The number of hydrogen-bond donors (Lipinski definition) is 2. The number of halogens is 1. The summed E-state index contributed by atoms with van der Waals surface area (Å²) in [6, 6.07) is 13.7. The third kappa shape index (κ3) is 8.64. The molecule has 0 radical (unpaired) electrons. The van der Waals surface area contributed by atoms with Gasteiger partial charge in [0.25, 0.3) is 0 Å². The molecule has 10 nitrogen and oxygen atoms in total. The molecule has 1 aromatic heterocycles. The fourth-order valence-electron chi connectivity index (χ4n) is 5.23. The lowest BCUT2D eigenvalue weighted by molar-refractivity contribution is -0.138. The fraction of sp³-hybridized carbons (Fsp3) is 0.452. The number of amides is 2. The number of rotatable bonds is 12. The zero-order valence-electron chi connectivity index (χ0n) is 24.9. The van der Waals surface area contributed by atoms with Crippen molar-refractivity contribution in [3.05, 3.63) is 65.9 Å². The fourth-order valence-corrected chi connectivity index (χ4v) is 6.51. The molecule has 0 spiro atoms. The molecule has 0 saturated carbocycles. The smallest absolute Gasteiger partial charge is 0.247 e. The van der Waals surface area contributed by atoms with Crippen molar-refractivity contribution in [2.75, 3.05) is 19.0 Å². The topological polar surface area (TPSA) is 127 Å². The number of ether oxygens (including phenoxy) is 1. The standard InChI is InChI=1S/C31H39FN4O6S/c1-21(37)26-18-35(27-13-12-24(16-25(26)27)42-20-43(40,41)34-31(2,3)4)19-29(38)36-17-23(32)15-28(36)30(39)33-14-8-11-22-9-6-5-7-10-22/h5-7,9-10,12-13,16,18,23,28,34H,8,11,14-15,17,19-20H2,1-4H3,(H,33,39)/t23-,28+/m1/s1. The quantitative estimate of drug-likeness (QED) is 0.237. The Bertz CT molecular complexity index is 1580. The highest BCUT2D eigenvalue weighted by molar-refractivity contribution is 7.89. The van der Waals surface area contributed by atoms with Crippen LogP contribution in [-0.2, 0) is 32.6 Å². The van der Waals surface area contributed by atoms with E-state index in [9.17, 15) is 27.2 Å². The first-order valence-corrected chi connectivity index (χ1v) is 15.9. The largest absolute Gasteiger partial charge is 0.476 e. The predicted molar refractivity (Wildman–Crippen MR) is 162 cm³/mol. The minimum atomic E-state index is -3.73. The first kappa shape index (κ1) is 32.2. The highest BCUT2D eigenvalue weighted by atomic mass is 32.2. The molecule has 1 aliphatic heterocycles. The van der Waals surface area contributed by atoms with Gasteiger partial charge in [0.2, 0.25) is 27.8 Å². The summed E-state index contributed by atoms with van der Waals surface area (Å²) in [5.74, 6) is -1.47. The summed E-state index contributed by atoms with van der Waals surface area (Å²) in [7, 11) is -3.73. The summed E-state index contributed by atoms with van der Waals surface area (Å²) in [6.45, 7) is 6.56. The van der Waals surface area contributed by atoms with Gasteiger partial charge in [-0.2, -0.15) is 0 Å². The van der Waals surface area contributed by atoms with Crippen molar-refractivity contribution in [1.82, 2.24) is 19.5 Å². The lowest BCUT2D eigenvalue weighted by atomic mass is 10.1. The van der Waals surface area contributed by atoms with E-state index in [1.165, 1.54) is 18.0 Å². The number of likely N-dealkylation sites (tertiary alicyclic amines) is 1. The van der Waals surface area contributed by atoms with Crippen LogP contribution in [0.3, 0.4) is 0 Å². The number of hydrogen-bond acceptors (Lipinski definition) is 6. The van der Waals surface area contributed by atoms with Crippen LogP contribution in [0.2, 0.25) is 0 Å². The van der Waals surface area contributed by atoms with E-state index < -0.39 is 39.6 Å². The third-order valence-electron chi connectivity index (χ3n) is 7.04. The molecule has 232 valence electrons. The maximum absolute atomic E-state index is 14.5. The number of fused-ring (bicyclic) bond motifs is 1. The molecule has 2 N–H and O–H groups in total. The summed E-state index contributed by atoms with van der Waals surface area (Å²) < 4.78 is 48.8. The molecule has 0 unspecified atom stereocenters. The van der Waals surface area contributed by atoms with Crippen LogP contribution in [0.5, 0.6) is 5.75 Å². The van der Waals surface area contributed by atoms with Crippen LogP contribution in [0.4, 0.5) is 4.39 Å². The van der Waals surface area contributed by atoms with Crippen molar-refractivity contribution >= 4 is 38.5 Å². The molecule has 1 aliphatic rings. The van der Waals surface area contributed by atoms with Gasteiger partial charge in [-0.15, -0.1) is 0 Å². The molecule has 4 rings (SSSR count). The Labute approximate surface area is 251 Å². The molecule has 1 fully saturated rings. The van der Waals surface area contributed by atoms with E-state index in [0.29, 0.717) is 29.4 Å². The number of nitrogens with zero attached hydrogens (tertiary/aromatic N) is 2. The average Bonchev–Trinajstić information content (AvgIpc) is 3.50. The lowest BCUT2D eigenvalue weighted by Crippen LogP contribution is -2.47. The number of aromatic nitrogens is 1. The number of carbonyl (C=O) groups excluding carboxylic acids is 3. The molecular formula is C31H39FN4O6S. The number of carbonyl (C=O) groups is 3. The minimum Gasteiger partial charge on any atom is -0.476 e. The summed E-state index contributed by atoms with van der Waals surface area (Å²) in [5.41, 5.74) is 1.35. The number of aryl methyl sites for hydroxylation is 1. The second-order valence-corrected chi connectivity index (χ2v) is 13.6. The van der Waals surface area contributed by atoms with Crippen molar-refractivity contribution < 1.29 is 31.9 Å². The summed E-state index contributed by atoms with van der Waals surface area (Å²) >= 11 is 0. The van der Waals surface area contributed by atoms with Crippen molar-refractivity contribution in [3.63, 3.8) is 0 Å². The summed E-state index contributed by atoms with van der Waals surface area (Å²) in [4.78, 5) is 40.0. The van der Waals surface area contributed by atoms with Crippen LogP contribution >= 0.6 is 0 Å². The molecule has 2 amide bonds. The molecule has 3 aromatic rings. The second kappa shape index (κ2) is 13.3. The molecular weight excluding hydrogens is 575 g/mol. The Morgan fingerprint density at radius 2 is 1.81 bits per heavy atom. The van der Waals surface area contributed by atoms with Gasteiger partial charge in [-0.1, -0.05) is 30.3 Å². The van der Waals surface area contributed by atoms with Gasteiger partial charge in [0.1, 0.15) is 24.5 Å². The van der Waals surface area contributed by atoms with Crippen LogP contribution in [0.25, 0.3) is 10.9 Å². The number of nitrogens with one attached hydrogen (secondary N) is 2.